The summed E-state index contributed by atoms with van der Waals surface area (Å²) in [4.78, 5) is 14.1. The first kappa shape index (κ1) is 11.6. The topological polar surface area (TPSA) is 75.1 Å². The van der Waals surface area contributed by atoms with Crippen molar-refractivity contribution in [3.05, 3.63) is 34.2 Å². The number of ketones is 1. The van der Waals surface area contributed by atoms with Gasteiger partial charge in [-0.15, -0.1) is 0 Å². The molecule has 0 fully saturated rings. The molecule has 0 atom stereocenters. The van der Waals surface area contributed by atoms with E-state index in [2.05, 4.69) is 26.0 Å². The number of carbonyl (C=O) groups is 1. The minimum atomic E-state index is -0.0839. The summed E-state index contributed by atoms with van der Waals surface area (Å²) >= 11 is 3.08. The normalized spacial score (nSPS) is 9.20. The molecule has 0 aliphatic carbocycles. The van der Waals surface area contributed by atoms with Crippen molar-refractivity contribution in [1.82, 2.24) is 0 Å². The van der Waals surface area contributed by atoms with Crippen LogP contribution in [0.4, 0.5) is 5.69 Å². The fraction of sp³-hybridized carbons (Fsp3) is 0.222. The van der Waals surface area contributed by atoms with Crippen LogP contribution in [0.15, 0.2) is 23.3 Å². The third-order valence-corrected chi connectivity index (χ3v) is 2.28. The molecule has 0 aliphatic rings. The molecule has 1 aromatic rings. The van der Waals surface area contributed by atoms with Gasteiger partial charge in [-0.05, 0) is 17.7 Å². The van der Waals surface area contributed by atoms with Crippen molar-refractivity contribution in [2.24, 2.45) is 5.11 Å². The zero-order chi connectivity index (χ0) is 11.3. The number of hydrogen-bond acceptors (Lipinski definition) is 3. The molecule has 0 bridgehead atoms. The molecule has 0 radical (unpaired) electrons. The lowest BCUT2D eigenvalue weighted by molar-refractivity contribution is 0.102. The zero-order valence-electron chi connectivity index (χ0n) is 7.98. The number of nitrogens with zero attached hydrogens (tertiary/aromatic N) is 3. The molecule has 0 unspecified atom stereocenters. The lowest BCUT2D eigenvalue weighted by Gasteiger charge is -2.06. The highest BCUT2D eigenvalue weighted by Crippen LogP contribution is 2.25. The van der Waals surface area contributed by atoms with E-state index in [9.17, 15) is 4.79 Å². The average molecular weight is 270 g/mol. The molecule has 6 heteroatoms. The van der Waals surface area contributed by atoms with Gasteiger partial charge in [0.2, 0.25) is 0 Å². The van der Waals surface area contributed by atoms with Gasteiger partial charge < -0.3 is 4.74 Å². The molecule has 78 valence electrons. The number of rotatable bonds is 4. The molecule has 0 heterocycles. The van der Waals surface area contributed by atoms with Crippen molar-refractivity contribution in [2.45, 2.75) is 0 Å². The predicted molar refractivity (Wildman–Crippen MR) is 59.9 cm³/mol. The first-order chi connectivity index (χ1) is 7.22. The molecule has 0 N–H and O–H groups in total. The Morgan fingerprint density at radius 3 is 2.93 bits per heavy atom. The van der Waals surface area contributed by atoms with Crippen molar-refractivity contribution < 1.29 is 9.53 Å². The third kappa shape index (κ3) is 2.71. The zero-order valence-corrected chi connectivity index (χ0v) is 9.56. The van der Waals surface area contributed by atoms with Gasteiger partial charge in [0.25, 0.3) is 0 Å². The van der Waals surface area contributed by atoms with E-state index in [1.165, 1.54) is 13.2 Å². The number of benzene rings is 1. The van der Waals surface area contributed by atoms with Gasteiger partial charge in [0.15, 0.2) is 5.78 Å². The van der Waals surface area contributed by atoms with Crippen LogP contribution < -0.4 is 4.74 Å². The molecule has 5 nitrogen and oxygen atoms in total. The van der Waals surface area contributed by atoms with Gasteiger partial charge >= 0.3 is 0 Å². The Balaban J connectivity index is 3.20. The number of hydrogen-bond donors (Lipinski definition) is 0. The Hall–Kier alpha value is -1.52. The largest absolute Gasteiger partial charge is 0.496 e. The first-order valence-electron chi connectivity index (χ1n) is 4.05. The molecule has 0 spiro atoms. The van der Waals surface area contributed by atoms with E-state index in [0.29, 0.717) is 17.0 Å². The number of carbonyl (C=O) groups excluding carboxylic acids is 1. The van der Waals surface area contributed by atoms with Crippen molar-refractivity contribution in [3.63, 3.8) is 0 Å². The van der Waals surface area contributed by atoms with E-state index in [0.717, 1.165) is 0 Å². The predicted octanol–water partition coefficient (Wildman–Crippen LogP) is 3.21. The van der Waals surface area contributed by atoms with Crippen molar-refractivity contribution in [3.8, 4) is 5.75 Å². The quantitative estimate of drug-likeness (QED) is 0.277. The molecule has 1 aromatic carbocycles. The SMILES string of the molecule is COc1cc(N=[N+]=[N-])ccc1C(=O)CBr. The van der Waals surface area contributed by atoms with Gasteiger partial charge in [0.1, 0.15) is 5.75 Å². The minimum absolute atomic E-state index is 0.0839. The van der Waals surface area contributed by atoms with Gasteiger partial charge in [-0.1, -0.05) is 27.1 Å². The maximum atomic E-state index is 11.4. The number of azide groups is 1. The number of alkyl halides is 1. The van der Waals surface area contributed by atoms with Crippen molar-refractivity contribution in [1.29, 1.82) is 0 Å². The van der Waals surface area contributed by atoms with E-state index in [-0.39, 0.29) is 11.1 Å². The summed E-state index contributed by atoms with van der Waals surface area (Å²) in [5, 5.41) is 3.65. The lowest BCUT2D eigenvalue weighted by Crippen LogP contribution is -2.02. The molecular weight excluding hydrogens is 262 g/mol. The maximum Gasteiger partial charge on any atom is 0.177 e. The second-order valence-electron chi connectivity index (χ2n) is 2.63. The highest BCUT2D eigenvalue weighted by molar-refractivity contribution is 9.09. The smallest absolute Gasteiger partial charge is 0.177 e. The fourth-order valence-corrected chi connectivity index (χ4v) is 1.40. The molecule has 0 saturated heterocycles. The van der Waals surface area contributed by atoms with Crippen LogP contribution in [-0.4, -0.2) is 18.2 Å². The third-order valence-electron chi connectivity index (χ3n) is 1.77. The Labute approximate surface area is 94.8 Å². The second kappa shape index (κ2) is 5.38. The fourth-order valence-electron chi connectivity index (χ4n) is 1.10. The maximum absolute atomic E-state index is 11.4. The van der Waals surface area contributed by atoms with Crippen LogP contribution >= 0.6 is 15.9 Å². The molecule has 1 rings (SSSR count). The number of ether oxygens (including phenoxy) is 1. The second-order valence-corrected chi connectivity index (χ2v) is 3.19. The number of Topliss-reactive ketones (excluding diaryl/α,β-unsaturated/α-hetero) is 1. The highest BCUT2D eigenvalue weighted by Gasteiger charge is 2.10. The summed E-state index contributed by atoms with van der Waals surface area (Å²) in [5.41, 5.74) is 9.13. The van der Waals surface area contributed by atoms with Crippen LogP contribution in [0.3, 0.4) is 0 Å². The summed E-state index contributed by atoms with van der Waals surface area (Å²) in [5.74, 6) is 0.323. The minimum Gasteiger partial charge on any atom is -0.496 e. The number of halogens is 1. The van der Waals surface area contributed by atoms with Gasteiger partial charge in [-0.25, -0.2) is 0 Å². The van der Waals surface area contributed by atoms with Crippen LogP contribution in [0.1, 0.15) is 10.4 Å². The van der Waals surface area contributed by atoms with E-state index in [1.807, 2.05) is 0 Å². The van der Waals surface area contributed by atoms with Crippen LogP contribution in [0.25, 0.3) is 10.4 Å². The molecule has 15 heavy (non-hydrogen) atoms. The monoisotopic (exact) mass is 269 g/mol. The van der Waals surface area contributed by atoms with Gasteiger partial charge in [0, 0.05) is 10.6 Å². The van der Waals surface area contributed by atoms with Crippen molar-refractivity contribution in [2.75, 3.05) is 12.4 Å². The molecular formula is C9H8BrN3O2. The van der Waals surface area contributed by atoms with Crippen LogP contribution in [-0.2, 0) is 0 Å². The lowest BCUT2D eigenvalue weighted by atomic mass is 10.1. The molecule has 0 amide bonds. The van der Waals surface area contributed by atoms with E-state index in [1.54, 1.807) is 12.1 Å². The molecule has 0 saturated carbocycles. The van der Waals surface area contributed by atoms with E-state index < -0.39 is 0 Å². The summed E-state index contributed by atoms with van der Waals surface area (Å²) in [6.45, 7) is 0. The summed E-state index contributed by atoms with van der Waals surface area (Å²) in [6.07, 6.45) is 0. The Morgan fingerprint density at radius 1 is 1.67 bits per heavy atom. The number of methoxy groups -OCH3 is 1. The molecule has 0 aliphatic heterocycles. The van der Waals surface area contributed by atoms with Crippen LogP contribution in [0.2, 0.25) is 0 Å². The standard InChI is InChI=1S/C9H8BrN3O2/c1-15-9-4-6(12-13-11)2-3-7(9)8(14)5-10/h2-4H,5H2,1H3. The Kier molecular flexibility index (Phi) is 4.15. The summed E-state index contributed by atoms with van der Waals surface area (Å²) < 4.78 is 5.03. The van der Waals surface area contributed by atoms with Gasteiger partial charge in [-0.3, -0.25) is 4.79 Å². The van der Waals surface area contributed by atoms with E-state index in [4.69, 9.17) is 10.3 Å². The summed E-state index contributed by atoms with van der Waals surface area (Å²) in [6, 6.07) is 4.67. The Morgan fingerprint density at radius 2 is 2.40 bits per heavy atom. The van der Waals surface area contributed by atoms with Crippen molar-refractivity contribution >= 4 is 27.4 Å². The van der Waals surface area contributed by atoms with Crippen LogP contribution in [0, 0.1) is 0 Å². The van der Waals surface area contributed by atoms with E-state index >= 15 is 0 Å². The highest BCUT2D eigenvalue weighted by atomic mass is 79.9. The van der Waals surface area contributed by atoms with Crippen LogP contribution in [0.5, 0.6) is 5.75 Å². The average Bonchev–Trinajstić information content (AvgIpc) is 2.28. The Bertz CT molecular complexity index is 427. The summed E-state index contributed by atoms with van der Waals surface area (Å²) in [7, 11) is 1.46. The van der Waals surface area contributed by atoms with Gasteiger partial charge in [-0.2, -0.15) is 0 Å². The van der Waals surface area contributed by atoms with Gasteiger partial charge in [0.05, 0.1) is 18.0 Å². The first-order valence-corrected chi connectivity index (χ1v) is 5.17. The molecule has 0 aromatic heterocycles.